The summed E-state index contributed by atoms with van der Waals surface area (Å²) in [4.78, 5) is 70.9. The smallest absolute Gasteiger partial charge is 0.337 e. The Kier molecular flexibility index (Phi) is 12.2. The molecule has 0 fully saturated rings. The third-order valence-electron chi connectivity index (χ3n) is 11.0. The van der Waals surface area contributed by atoms with Crippen molar-refractivity contribution in [2.75, 3.05) is 28.4 Å². The molecule has 0 saturated carbocycles. The van der Waals surface area contributed by atoms with Crippen molar-refractivity contribution < 1.29 is 54.6 Å². The van der Waals surface area contributed by atoms with Gasteiger partial charge in [-0.1, -0.05) is 97.1 Å². The van der Waals surface area contributed by atoms with Crippen molar-refractivity contribution in [2.45, 2.75) is 0 Å². The first kappa shape index (κ1) is 43.5. The van der Waals surface area contributed by atoms with Gasteiger partial charge in [-0.15, -0.1) is 44.2 Å². The number of fused-ring (bicyclic) bond motifs is 8. The minimum Gasteiger partial charge on any atom is -0.657 e. The fraction of sp³-hybridized carbons (Fsp3) is 0.0769. The molecule has 4 aromatic carbocycles. The van der Waals surface area contributed by atoms with Gasteiger partial charge in [-0.25, -0.2) is 19.2 Å². The van der Waals surface area contributed by atoms with Crippen LogP contribution in [0.15, 0.2) is 146 Å². The fourth-order valence-corrected chi connectivity index (χ4v) is 7.83. The molecular weight excluding hydrogens is 867 g/mol. The molecule has 1 aliphatic rings. The van der Waals surface area contributed by atoms with Crippen LogP contribution in [-0.4, -0.2) is 52.3 Å². The Morgan fingerprint density at radius 1 is 0.292 bits per heavy atom. The summed E-state index contributed by atoms with van der Waals surface area (Å²) in [5.74, 6) is -1.86. The summed E-state index contributed by atoms with van der Waals surface area (Å²) in [6.45, 7) is 0. The summed E-state index contributed by atoms with van der Waals surface area (Å²) in [5, 5.41) is 2.40. The second kappa shape index (κ2) is 18.3. The number of benzene rings is 4. The van der Waals surface area contributed by atoms with E-state index in [9.17, 15) is 19.2 Å². The zero-order valence-corrected chi connectivity index (χ0v) is 36.2. The van der Waals surface area contributed by atoms with Crippen molar-refractivity contribution in [1.29, 1.82) is 0 Å². The van der Waals surface area contributed by atoms with Crippen molar-refractivity contribution in [3.8, 4) is 0 Å². The van der Waals surface area contributed by atoms with Gasteiger partial charge in [0.1, 0.15) is 0 Å². The normalized spacial score (nSPS) is 15.3. The van der Waals surface area contributed by atoms with Gasteiger partial charge in [-0.2, -0.15) is 0 Å². The van der Waals surface area contributed by atoms with E-state index in [0.717, 1.165) is 22.3 Å². The Bertz CT molecular complexity index is 2930. The molecule has 0 saturated heterocycles. The van der Waals surface area contributed by atoms with E-state index >= 15 is 0 Å². The number of hydrogen-bond acceptors (Lipinski definition) is 8. The molecule has 1 aliphatic heterocycles. The molecule has 65 heavy (non-hydrogen) atoms. The molecule has 8 bridgehead atoms. The van der Waals surface area contributed by atoms with Gasteiger partial charge in [-0.3, -0.25) is 0 Å². The Morgan fingerprint density at radius 3 is 0.677 bits per heavy atom. The van der Waals surface area contributed by atoms with E-state index in [1.54, 1.807) is 48.5 Å². The molecular formula is C52H36N4NiO8-4. The maximum Gasteiger partial charge on any atom is 0.337 e. The summed E-state index contributed by atoms with van der Waals surface area (Å²) in [7, 11) is 5.35. The average Bonchev–Trinajstić information content (AvgIpc) is 4.20. The van der Waals surface area contributed by atoms with Crippen LogP contribution in [0.4, 0.5) is 0 Å². The molecule has 0 N–H and O–H groups in total. The van der Waals surface area contributed by atoms with Crippen LogP contribution < -0.4 is 41.3 Å². The Hall–Kier alpha value is -8.15. The molecule has 12 nitrogen and oxygen atoms in total. The largest absolute Gasteiger partial charge is 0.657 e. The first-order valence-electron chi connectivity index (χ1n) is 20.0. The number of hydrogen-bond donors (Lipinski definition) is 0. The number of methoxy groups -OCH3 is 4. The summed E-state index contributed by atoms with van der Waals surface area (Å²) in [5.41, 5.74) is 9.71. The molecule has 0 atom stereocenters. The number of nitrogens with zero attached hydrogens (tertiary/aromatic N) is 4. The second-order valence-electron chi connectivity index (χ2n) is 14.6. The summed E-state index contributed by atoms with van der Waals surface area (Å²) in [6, 6.07) is 43.6. The third-order valence-corrected chi connectivity index (χ3v) is 11.0. The van der Waals surface area contributed by atoms with Crippen molar-refractivity contribution in [2.24, 2.45) is 0 Å². The zero-order valence-electron chi connectivity index (χ0n) is 35.2. The summed E-state index contributed by atoms with van der Waals surface area (Å²) in [6.07, 6.45) is 0. The number of esters is 4. The number of carbonyl (C=O) groups excluding carboxylic acids is 4. The quantitative estimate of drug-likeness (QED) is 0.123. The van der Waals surface area contributed by atoms with Crippen molar-refractivity contribution in [3.05, 3.63) is 234 Å². The molecule has 0 amide bonds. The molecule has 9 rings (SSSR count). The summed E-state index contributed by atoms with van der Waals surface area (Å²) < 4.78 is 19.9. The second-order valence-corrected chi connectivity index (χ2v) is 14.6. The van der Waals surface area contributed by atoms with E-state index in [2.05, 4.69) is 0 Å². The predicted molar refractivity (Wildman–Crippen MR) is 235 cm³/mol. The zero-order chi connectivity index (χ0) is 44.5. The molecule has 0 aliphatic carbocycles. The Balaban J connectivity index is 0.00000576. The molecule has 13 heteroatoms. The minimum atomic E-state index is -0.464. The van der Waals surface area contributed by atoms with Crippen LogP contribution in [0.2, 0.25) is 0 Å². The van der Waals surface area contributed by atoms with Gasteiger partial charge in [0.15, 0.2) is 0 Å². The topological polar surface area (TPSA) is 162 Å². The molecule has 0 radical (unpaired) electrons. The predicted octanol–water partition coefficient (Wildman–Crippen LogP) is 3.96. The van der Waals surface area contributed by atoms with Crippen molar-refractivity contribution in [1.82, 2.24) is 19.9 Å². The van der Waals surface area contributed by atoms with E-state index in [1.165, 1.54) is 28.4 Å². The Morgan fingerprint density at radius 2 is 0.492 bits per heavy atom. The average molecular weight is 904 g/mol. The molecule has 326 valence electrons. The van der Waals surface area contributed by atoms with E-state index in [-0.39, 0.29) is 16.5 Å². The molecule has 4 aromatic heterocycles. The number of rotatable bonds is 8. The van der Waals surface area contributed by atoms with Crippen molar-refractivity contribution in [3.63, 3.8) is 0 Å². The van der Waals surface area contributed by atoms with Crippen LogP contribution in [0.3, 0.4) is 0 Å². The van der Waals surface area contributed by atoms with Gasteiger partial charge in [-0.05, 0) is 93.1 Å². The fourth-order valence-electron chi connectivity index (χ4n) is 7.83. The maximum atomic E-state index is 12.5. The molecule has 8 aromatic rings. The van der Waals surface area contributed by atoms with Gasteiger partial charge in [0, 0.05) is 16.5 Å². The first-order valence-corrected chi connectivity index (χ1v) is 20.0. The molecule has 0 spiro atoms. The van der Waals surface area contributed by atoms with Crippen LogP contribution in [0.1, 0.15) is 86.5 Å². The first-order chi connectivity index (χ1) is 31.2. The summed E-state index contributed by atoms with van der Waals surface area (Å²) >= 11 is 0. The van der Waals surface area contributed by atoms with E-state index in [1.807, 2.05) is 97.1 Å². The van der Waals surface area contributed by atoms with Gasteiger partial charge < -0.3 is 38.9 Å². The number of carbonyl (C=O) groups is 4. The standard InChI is InChI=1S/C52H38N4O8.Ni/c1-61-49(57)33-13-5-29(6-14-33)45-37-21-23-39(53-37)46(30-7-15-34(16-8-30)50(58)62-2)41-25-27-43(55-41)48(32-11-19-36(20-12-32)52(60)64-4)44-28-26-42(56-44)47(40-24-22-38(45)54-40)31-9-17-35(18-10-31)51(59)63-3;/h5-28H,1-4H3,(H2-2,53,54,55,56,57,58,59,60);/q-2;/p-2/b45-37-,45-38?,46-39-,46-41?,47-40?,47-42-,48-43?,48-44-;. The van der Waals surface area contributed by atoms with Gasteiger partial charge in [0.2, 0.25) is 0 Å². The van der Waals surface area contributed by atoms with Crippen LogP contribution in [-0.2, 0) is 35.4 Å². The SMILES string of the molecule is COC(=O)c1ccc(/C2=c3\cc/c([n-]3)=C(\c3ccc(C(=O)OC)cc3)c3ccc([n-]3)/C(c3ccc(C(=O)OC)cc3)=c3/cc/c([n-]3)=C(\c3ccc(C(=O)OC)cc3)c3ccc2[n-]3)cc1.[Ni]. The van der Waals surface area contributed by atoms with E-state index in [0.29, 0.717) is 88.7 Å². The van der Waals surface area contributed by atoms with Crippen LogP contribution in [0, 0.1) is 0 Å². The van der Waals surface area contributed by atoms with E-state index in [4.69, 9.17) is 38.9 Å². The minimum absolute atomic E-state index is 0. The van der Waals surface area contributed by atoms with Crippen LogP contribution in [0.25, 0.3) is 22.3 Å². The number of ether oxygens (including phenoxy) is 4. The van der Waals surface area contributed by atoms with Crippen LogP contribution in [0.5, 0.6) is 0 Å². The van der Waals surface area contributed by atoms with E-state index < -0.39 is 23.9 Å². The van der Waals surface area contributed by atoms with Crippen molar-refractivity contribution >= 4 is 46.2 Å². The third kappa shape index (κ3) is 8.28. The molecule has 5 heterocycles. The molecule has 0 unspecified atom stereocenters. The van der Waals surface area contributed by atoms with Gasteiger partial charge in [0.05, 0.1) is 50.7 Å². The Labute approximate surface area is 381 Å². The van der Waals surface area contributed by atoms with Gasteiger partial charge >= 0.3 is 23.9 Å². The van der Waals surface area contributed by atoms with Crippen LogP contribution >= 0.6 is 0 Å². The maximum absolute atomic E-state index is 12.5. The van der Waals surface area contributed by atoms with Gasteiger partial charge in [0.25, 0.3) is 0 Å². The monoisotopic (exact) mass is 902 g/mol. The number of aromatic nitrogens is 4.